The number of piperidine rings is 2. The van der Waals surface area contributed by atoms with Crippen LogP contribution in [0.3, 0.4) is 0 Å². The van der Waals surface area contributed by atoms with Crippen LogP contribution in [0.25, 0.3) is 0 Å². The Hall–Kier alpha value is -0.840. The molecule has 0 radical (unpaired) electrons. The zero-order valence-corrected chi connectivity index (χ0v) is 10.5. The topological polar surface area (TPSA) is 46.9 Å². The van der Waals surface area contributed by atoms with Crippen molar-refractivity contribution in [3.05, 3.63) is 24.6 Å². The molecule has 0 saturated carbocycles. The second-order valence-corrected chi connectivity index (χ2v) is 5.46. The summed E-state index contributed by atoms with van der Waals surface area (Å²) in [4.78, 5) is 2.24. The summed E-state index contributed by atoms with van der Waals surface area (Å²) < 4.78 is 0. The third kappa shape index (κ3) is 2.39. The lowest BCUT2D eigenvalue weighted by Crippen LogP contribution is -2.49. The molecule has 2 N–H and O–H groups in total. The fourth-order valence-electron chi connectivity index (χ4n) is 2.83. The van der Waals surface area contributed by atoms with Crippen LogP contribution in [0.4, 0.5) is 0 Å². The number of nitrogens with zero attached hydrogens (tertiary/aromatic N) is 2. The van der Waals surface area contributed by atoms with Gasteiger partial charge in [-0.1, -0.05) is 13.2 Å². The SMILES string of the molecule is C=C1CC(C2(O)CCN(C)CC2)CC(=C)N1O. The van der Waals surface area contributed by atoms with Crippen molar-refractivity contribution in [3.63, 3.8) is 0 Å². The first-order valence-corrected chi connectivity index (χ1v) is 6.18. The van der Waals surface area contributed by atoms with Crippen LogP contribution in [0.2, 0.25) is 0 Å². The molecule has 2 saturated heterocycles. The van der Waals surface area contributed by atoms with Crippen LogP contribution in [0, 0.1) is 5.92 Å². The highest BCUT2D eigenvalue weighted by molar-refractivity contribution is 5.14. The molecule has 2 heterocycles. The summed E-state index contributed by atoms with van der Waals surface area (Å²) in [6.45, 7) is 9.51. The third-order valence-electron chi connectivity index (χ3n) is 4.18. The second kappa shape index (κ2) is 4.44. The number of allylic oxidation sites excluding steroid dienone is 2. The number of hydroxylamine groups is 2. The fraction of sp³-hybridized carbons (Fsp3) is 0.692. The summed E-state index contributed by atoms with van der Waals surface area (Å²) in [6.07, 6.45) is 2.88. The Morgan fingerprint density at radius 2 is 1.65 bits per heavy atom. The average Bonchev–Trinajstić information content (AvgIpc) is 2.29. The quantitative estimate of drug-likeness (QED) is 0.728. The molecule has 17 heavy (non-hydrogen) atoms. The molecule has 2 fully saturated rings. The van der Waals surface area contributed by atoms with Crippen LogP contribution < -0.4 is 0 Å². The first kappa shape index (κ1) is 12.6. The van der Waals surface area contributed by atoms with Crippen molar-refractivity contribution < 1.29 is 10.3 Å². The van der Waals surface area contributed by atoms with Gasteiger partial charge in [-0.05, 0) is 38.6 Å². The lowest BCUT2D eigenvalue weighted by Gasteiger charge is -2.45. The van der Waals surface area contributed by atoms with Gasteiger partial charge in [0.15, 0.2) is 0 Å². The van der Waals surface area contributed by atoms with Crippen molar-refractivity contribution in [2.75, 3.05) is 20.1 Å². The van der Waals surface area contributed by atoms with E-state index >= 15 is 0 Å². The number of rotatable bonds is 1. The van der Waals surface area contributed by atoms with Crippen LogP contribution in [-0.4, -0.2) is 46.0 Å². The Bertz CT molecular complexity index is 314. The van der Waals surface area contributed by atoms with Crippen molar-refractivity contribution in [1.82, 2.24) is 9.96 Å². The highest BCUT2D eigenvalue weighted by atomic mass is 16.5. The second-order valence-electron chi connectivity index (χ2n) is 5.46. The van der Waals surface area contributed by atoms with Crippen molar-refractivity contribution in [1.29, 1.82) is 0 Å². The van der Waals surface area contributed by atoms with E-state index in [9.17, 15) is 10.3 Å². The smallest absolute Gasteiger partial charge is 0.0707 e. The predicted molar refractivity (Wildman–Crippen MR) is 66.3 cm³/mol. The molecule has 96 valence electrons. The minimum Gasteiger partial charge on any atom is -0.389 e. The molecule has 4 heteroatoms. The maximum Gasteiger partial charge on any atom is 0.0707 e. The molecule has 0 aliphatic carbocycles. The van der Waals surface area contributed by atoms with E-state index < -0.39 is 5.60 Å². The lowest BCUT2D eigenvalue weighted by molar-refractivity contribution is -0.0973. The fourth-order valence-corrected chi connectivity index (χ4v) is 2.83. The summed E-state index contributed by atoms with van der Waals surface area (Å²) in [5.74, 6) is 0.139. The maximum atomic E-state index is 10.7. The Morgan fingerprint density at radius 3 is 2.12 bits per heavy atom. The van der Waals surface area contributed by atoms with E-state index in [1.807, 2.05) is 0 Å². The molecule has 0 aromatic rings. The molecule has 2 aliphatic heterocycles. The average molecular weight is 238 g/mol. The number of aliphatic hydroxyl groups is 1. The van der Waals surface area contributed by atoms with Crippen molar-refractivity contribution in [3.8, 4) is 0 Å². The molecule has 2 rings (SSSR count). The van der Waals surface area contributed by atoms with Crippen LogP contribution in [0.1, 0.15) is 25.7 Å². The van der Waals surface area contributed by atoms with E-state index in [1.165, 1.54) is 0 Å². The molecule has 0 bridgehead atoms. The number of likely N-dealkylation sites (tertiary alicyclic amines) is 1. The van der Waals surface area contributed by atoms with Gasteiger partial charge in [0.2, 0.25) is 0 Å². The molecule has 4 nitrogen and oxygen atoms in total. The summed E-state index contributed by atoms with van der Waals surface area (Å²) in [7, 11) is 2.08. The molecule has 2 aliphatic rings. The Balaban J connectivity index is 2.07. The summed E-state index contributed by atoms with van der Waals surface area (Å²) >= 11 is 0. The Labute approximate surface area is 103 Å². The summed E-state index contributed by atoms with van der Waals surface area (Å²) in [5.41, 5.74) is 0.650. The van der Waals surface area contributed by atoms with Gasteiger partial charge in [-0.15, -0.1) is 0 Å². The molecule has 0 atom stereocenters. The number of hydrogen-bond acceptors (Lipinski definition) is 4. The van der Waals surface area contributed by atoms with E-state index in [4.69, 9.17) is 0 Å². The van der Waals surface area contributed by atoms with Crippen molar-refractivity contribution in [2.24, 2.45) is 5.92 Å². The first-order chi connectivity index (χ1) is 7.92. The highest BCUT2D eigenvalue weighted by Gasteiger charge is 2.42. The Kier molecular flexibility index (Phi) is 3.30. The Morgan fingerprint density at radius 1 is 1.18 bits per heavy atom. The largest absolute Gasteiger partial charge is 0.389 e. The third-order valence-corrected chi connectivity index (χ3v) is 4.18. The van der Waals surface area contributed by atoms with Crippen LogP contribution >= 0.6 is 0 Å². The first-order valence-electron chi connectivity index (χ1n) is 6.18. The van der Waals surface area contributed by atoms with E-state index in [2.05, 4.69) is 25.1 Å². The standard InChI is InChI=1S/C13H22N2O2/c1-10-8-12(9-11(2)15(10)17)13(16)4-6-14(3)7-5-13/h12,16-17H,1-2,4-9H2,3H3. The van der Waals surface area contributed by atoms with Crippen LogP contribution in [-0.2, 0) is 0 Å². The van der Waals surface area contributed by atoms with Crippen molar-refractivity contribution in [2.45, 2.75) is 31.3 Å². The van der Waals surface area contributed by atoms with Gasteiger partial charge in [0.05, 0.1) is 5.60 Å². The number of hydrogen-bond donors (Lipinski definition) is 2. The molecular weight excluding hydrogens is 216 g/mol. The molecule has 0 aromatic carbocycles. The lowest BCUT2D eigenvalue weighted by atomic mass is 9.74. The van der Waals surface area contributed by atoms with E-state index in [1.54, 1.807) is 0 Å². The van der Waals surface area contributed by atoms with Crippen LogP contribution in [0.15, 0.2) is 24.6 Å². The van der Waals surface area contributed by atoms with E-state index in [0.717, 1.165) is 31.0 Å². The molecule has 0 amide bonds. The van der Waals surface area contributed by atoms with Gasteiger partial charge in [-0.3, -0.25) is 5.21 Å². The van der Waals surface area contributed by atoms with Gasteiger partial charge < -0.3 is 10.0 Å². The van der Waals surface area contributed by atoms with Gasteiger partial charge in [0.1, 0.15) is 0 Å². The van der Waals surface area contributed by atoms with Gasteiger partial charge in [-0.25, -0.2) is 5.06 Å². The van der Waals surface area contributed by atoms with Gasteiger partial charge in [0, 0.05) is 24.5 Å². The maximum absolute atomic E-state index is 10.7. The minimum atomic E-state index is -0.625. The van der Waals surface area contributed by atoms with Crippen LogP contribution in [0.5, 0.6) is 0 Å². The minimum absolute atomic E-state index is 0.139. The molecule has 0 spiro atoms. The van der Waals surface area contributed by atoms with Gasteiger partial charge in [-0.2, -0.15) is 0 Å². The normalized spacial score (nSPS) is 27.6. The molecule has 0 unspecified atom stereocenters. The van der Waals surface area contributed by atoms with Crippen molar-refractivity contribution >= 4 is 0 Å². The van der Waals surface area contributed by atoms with E-state index in [-0.39, 0.29) is 5.92 Å². The van der Waals surface area contributed by atoms with E-state index in [0.29, 0.717) is 24.2 Å². The zero-order valence-electron chi connectivity index (χ0n) is 10.5. The molecule has 0 aromatic heterocycles. The predicted octanol–water partition coefficient (Wildman–Crippen LogP) is 1.57. The monoisotopic (exact) mass is 238 g/mol. The van der Waals surface area contributed by atoms with Gasteiger partial charge >= 0.3 is 0 Å². The molecular formula is C13H22N2O2. The zero-order chi connectivity index (χ0) is 12.6. The highest BCUT2D eigenvalue weighted by Crippen LogP contribution is 2.41. The van der Waals surface area contributed by atoms with Gasteiger partial charge in [0.25, 0.3) is 0 Å². The summed E-state index contributed by atoms with van der Waals surface area (Å²) in [6, 6.07) is 0. The summed E-state index contributed by atoms with van der Waals surface area (Å²) in [5, 5.41) is 21.4.